The molecule has 1 aliphatic heterocycles. The maximum Gasteiger partial charge on any atom is 0.133 e. The number of hydrogen-bond donors (Lipinski definition) is 0. The number of likely N-dealkylation sites (N-methyl/N-ethyl adjacent to an activating group) is 1. The maximum absolute atomic E-state index is 6.09. The first-order valence-electron chi connectivity index (χ1n) is 6.15. The standard InChI is InChI=1S/C13H20ClN3/c1-16(2)12-6-4-8-17(10-12)9-11-5-3-7-15-13(11)14/h3,5,7,12H,4,6,8-10H2,1-2H3. The highest BCUT2D eigenvalue weighted by molar-refractivity contribution is 6.30. The average molecular weight is 254 g/mol. The fraction of sp³-hybridized carbons (Fsp3) is 0.615. The third-order valence-electron chi connectivity index (χ3n) is 3.44. The van der Waals surface area contributed by atoms with Gasteiger partial charge in [0, 0.05) is 30.9 Å². The molecule has 0 N–H and O–H groups in total. The van der Waals surface area contributed by atoms with Crippen LogP contribution in [-0.2, 0) is 6.54 Å². The van der Waals surface area contributed by atoms with Crippen LogP contribution in [-0.4, -0.2) is 48.0 Å². The van der Waals surface area contributed by atoms with Gasteiger partial charge < -0.3 is 4.90 Å². The van der Waals surface area contributed by atoms with Gasteiger partial charge in [0.15, 0.2) is 0 Å². The first-order chi connectivity index (χ1) is 8.16. The van der Waals surface area contributed by atoms with Crippen LogP contribution in [0.2, 0.25) is 5.15 Å². The first-order valence-corrected chi connectivity index (χ1v) is 6.53. The minimum atomic E-state index is 0.638. The fourth-order valence-electron chi connectivity index (χ4n) is 2.37. The van der Waals surface area contributed by atoms with Gasteiger partial charge in [0.25, 0.3) is 0 Å². The zero-order chi connectivity index (χ0) is 12.3. The third-order valence-corrected chi connectivity index (χ3v) is 3.78. The van der Waals surface area contributed by atoms with E-state index in [1.807, 2.05) is 6.07 Å². The van der Waals surface area contributed by atoms with E-state index in [-0.39, 0.29) is 0 Å². The quantitative estimate of drug-likeness (QED) is 0.771. The maximum atomic E-state index is 6.09. The lowest BCUT2D eigenvalue weighted by Crippen LogP contribution is -2.44. The molecule has 0 bridgehead atoms. The molecule has 0 aliphatic carbocycles. The van der Waals surface area contributed by atoms with Crippen molar-refractivity contribution in [3.05, 3.63) is 29.0 Å². The van der Waals surface area contributed by atoms with Gasteiger partial charge in [-0.05, 0) is 39.5 Å². The van der Waals surface area contributed by atoms with Gasteiger partial charge in [0.05, 0.1) is 0 Å². The van der Waals surface area contributed by atoms with Gasteiger partial charge in [0.1, 0.15) is 5.15 Å². The van der Waals surface area contributed by atoms with Crippen LogP contribution in [0.5, 0.6) is 0 Å². The summed E-state index contributed by atoms with van der Waals surface area (Å²) in [5.74, 6) is 0. The second-order valence-corrected chi connectivity index (χ2v) is 5.31. The number of aromatic nitrogens is 1. The van der Waals surface area contributed by atoms with Crippen molar-refractivity contribution >= 4 is 11.6 Å². The first kappa shape index (κ1) is 12.8. The van der Waals surface area contributed by atoms with Gasteiger partial charge in [0.2, 0.25) is 0 Å². The van der Waals surface area contributed by atoms with Crippen LogP contribution in [0.15, 0.2) is 18.3 Å². The van der Waals surface area contributed by atoms with E-state index in [2.05, 4.69) is 34.9 Å². The van der Waals surface area contributed by atoms with Gasteiger partial charge in [-0.1, -0.05) is 17.7 Å². The molecule has 4 heteroatoms. The number of halogens is 1. The predicted octanol–water partition coefficient (Wildman–Crippen LogP) is 2.26. The number of hydrogen-bond acceptors (Lipinski definition) is 3. The van der Waals surface area contributed by atoms with Gasteiger partial charge >= 0.3 is 0 Å². The summed E-state index contributed by atoms with van der Waals surface area (Å²) >= 11 is 6.09. The Labute approximate surface area is 108 Å². The summed E-state index contributed by atoms with van der Waals surface area (Å²) in [5.41, 5.74) is 1.13. The molecule has 1 fully saturated rings. The molecular formula is C13H20ClN3. The van der Waals surface area contributed by atoms with Crippen LogP contribution in [0.3, 0.4) is 0 Å². The van der Waals surface area contributed by atoms with Crippen LogP contribution in [0.1, 0.15) is 18.4 Å². The minimum absolute atomic E-state index is 0.638. The van der Waals surface area contributed by atoms with Crippen LogP contribution < -0.4 is 0 Å². The van der Waals surface area contributed by atoms with Crippen molar-refractivity contribution in [1.82, 2.24) is 14.8 Å². The number of pyridine rings is 1. The Kier molecular flexibility index (Phi) is 4.37. The monoisotopic (exact) mass is 253 g/mol. The molecule has 0 saturated carbocycles. The topological polar surface area (TPSA) is 19.4 Å². The summed E-state index contributed by atoms with van der Waals surface area (Å²) in [5, 5.41) is 0.638. The molecule has 3 nitrogen and oxygen atoms in total. The molecule has 17 heavy (non-hydrogen) atoms. The molecule has 0 aromatic carbocycles. The molecule has 2 heterocycles. The summed E-state index contributed by atoms with van der Waals surface area (Å²) in [4.78, 5) is 8.91. The lowest BCUT2D eigenvalue weighted by Gasteiger charge is -2.36. The Morgan fingerprint density at radius 3 is 3.06 bits per heavy atom. The molecule has 1 aromatic rings. The molecule has 0 radical (unpaired) electrons. The zero-order valence-electron chi connectivity index (χ0n) is 10.6. The van der Waals surface area contributed by atoms with Crippen molar-refractivity contribution in [2.45, 2.75) is 25.4 Å². The second-order valence-electron chi connectivity index (χ2n) is 4.95. The molecule has 2 rings (SSSR count). The summed E-state index contributed by atoms with van der Waals surface area (Å²) in [6.07, 6.45) is 4.30. The van der Waals surface area contributed by atoms with Crippen molar-refractivity contribution in [1.29, 1.82) is 0 Å². The Bertz CT molecular complexity index is 367. The normalized spacial score (nSPS) is 22.0. The molecule has 1 unspecified atom stereocenters. The van der Waals surface area contributed by atoms with Crippen molar-refractivity contribution in [2.24, 2.45) is 0 Å². The smallest absolute Gasteiger partial charge is 0.133 e. The zero-order valence-corrected chi connectivity index (χ0v) is 11.3. The number of rotatable bonds is 3. The average Bonchev–Trinajstić information content (AvgIpc) is 2.32. The summed E-state index contributed by atoms with van der Waals surface area (Å²) in [6.45, 7) is 3.20. The summed E-state index contributed by atoms with van der Waals surface area (Å²) in [7, 11) is 4.32. The molecule has 1 saturated heterocycles. The summed E-state index contributed by atoms with van der Waals surface area (Å²) < 4.78 is 0. The van der Waals surface area contributed by atoms with E-state index in [1.165, 1.54) is 12.8 Å². The molecule has 1 aliphatic rings. The van der Waals surface area contributed by atoms with Crippen LogP contribution in [0, 0.1) is 0 Å². The van der Waals surface area contributed by atoms with E-state index < -0.39 is 0 Å². The van der Waals surface area contributed by atoms with Crippen LogP contribution in [0.4, 0.5) is 0 Å². The highest BCUT2D eigenvalue weighted by Crippen LogP contribution is 2.19. The summed E-state index contributed by atoms with van der Waals surface area (Å²) in [6, 6.07) is 4.68. The lowest BCUT2D eigenvalue weighted by molar-refractivity contribution is 0.128. The van der Waals surface area contributed by atoms with Gasteiger partial charge in [-0.2, -0.15) is 0 Å². The Hall–Kier alpha value is -0.640. The number of likely N-dealkylation sites (tertiary alicyclic amines) is 1. The minimum Gasteiger partial charge on any atom is -0.305 e. The Morgan fingerprint density at radius 1 is 1.53 bits per heavy atom. The van der Waals surface area contributed by atoms with E-state index >= 15 is 0 Å². The highest BCUT2D eigenvalue weighted by Gasteiger charge is 2.21. The lowest BCUT2D eigenvalue weighted by atomic mass is 10.0. The van der Waals surface area contributed by atoms with E-state index in [9.17, 15) is 0 Å². The number of nitrogens with zero attached hydrogens (tertiary/aromatic N) is 3. The van der Waals surface area contributed by atoms with E-state index in [0.717, 1.165) is 25.2 Å². The van der Waals surface area contributed by atoms with E-state index in [0.29, 0.717) is 11.2 Å². The van der Waals surface area contributed by atoms with Crippen molar-refractivity contribution in [2.75, 3.05) is 27.2 Å². The molecule has 1 aromatic heterocycles. The molecular weight excluding hydrogens is 234 g/mol. The Morgan fingerprint density at radius 2 is 2.35 bits per heavy atom. The van der Waals surface area contributed by atoms with E-state index in [1.54, 1.807) is 6.20 Å². The predicted molar refractivity (Wildman–Crippen MR) is 71.2 cm³/mol. The van der Waals surface area contributed by atoms with Crippen molar-refractivity contribution < 1.29 is 0 Å². The fourth-order valence-corrected chi connectivity index (χ4v) is 2.55. The van der Waals surface area contributed by atoms with Gasteiger partial charge in [-0.15, -0.1) is 0 Å². The molecule has 94 valence electrons. The Balaban J connectivity index is 1.97. The van der Waals surface area contributed by atoms with Crippen LogP contribution in [0.25, 0.3) is 0 Å². The largest absolute Gasteiger partial charge is 0.305 e. The molecule has 1 atom stereocenters. The van der Waals surface area contributed by atoms with Crippen molar-refractivity contribution in [3.63, 3.8) is 0 Å². The molecule has 0 spiro atoms. The van der Waals surface area contributed by atoms with Gasteiger partial charge in [-0.25, -0.2) is 4.98 Å². The van der Waals surface area contributed by atoms with Gasteiger partial charge in [-0.3, -0.25) is 4.90 Å². The highest BCUT2D eigenvalue weighted by atomic mass is 35.5. The SMILES string of the molecule is CN(C)C1CCCN(Cc2cccnc2Cl)C1. The third kappa shape index (κ3) is 3.41. The second kappa shape index (κ2) is 5.80. The molecule has 0 amide bonds. The van der Waals surface area contributed by atoms with Crippen LogP contribution >= 0.6 is 11.6 Å². The number of piperidine rings is 1. The van der Waals surface area contributed by atoms with Crippen molar-refractivity contribution in [3.8, 4) is 0 Å². The van der Waals surface area contributed by atoms with E-state index in [4.69, 9.17) is 11.6 Å².